The molecule has 14 heavy (non-hydrogen) atoms. The minimum Gasteiger partial charge on any atom is -0.330 e. The molecule has 0 amide bonds. The summed E-state index contributed by atoms with van der Waals surface area (Å²) >= 11 is 3.52. The highest BCUT2D eigenvalue weighted by Crippen LogP contribution is 2.15. The third-order valence-electron chi connectivity index (χ3n) is 2.08. The van der Waals surface area contributed by atoms with E-state index in [9.17, 15) is 0 Å². The van der Waals surface area contributed by atoms with Crippen LogP contribution in [0.25, 0.3) is 0 Å². The Balaban J connectivity index is 2.21. The predicted molar refractivity (Wildman–Crippen MR) is 64.1 cm³/mol. The molecule has 2 nitrogen and oxygen atoms in total. The molecule has 78 valence electrons. The van der Waals surface area contributed by atoms with E-state index in [1.165, 1.54) is 10.0 Å². The van der Waals surface area contributed by atoms with Crippen LogP contribution in [0, 0.1) is 0 Å². The number of hydrogen-bond acceptors (Lipinski definition) is 2. The van der Waals surface area contributed by atoms with Crippen molar-refractivity contribution in [3.8, 4) is 0 Å². The molecule has 1 aromatic rings. The first-order valence-electron chi connectivity index (χ1n) is 4.99. The second-order valence-electron chi connectivity index (χ2n) is 3.26. The highest BCUT2D eigenvalue weighted by molar-refractivity contribution is 9.10. The van der Waals surface area contributed by atoms with E-state index < -0.39 is 0 Å². The molecule has 0 heterocycles. The first-order chi connectivity index (χ1) is 6.84. The molecule has 0 aliphatic rings. The summed E-state index contributed by atoms with van der Waals surface area (Å²) in [7, 11) is 0. The molecule has 0 aliphatic carbocycles. The summed E-state index contributed by atoms with van der Waals surface area (Å²) < 4.78 is 1.17. The number of benzene rings is 1. The van der Waals surface area contributed by atoms with Gasteiger partial charge in [0.2, 0.25) is 0 Å². The van der Waals surface area contributed by atoms with Gasteiger partial charge in [0.05, 0.1) is 0 Å². The van der Waals surface area contributed by atoms with Crippen molar-refractivity contribution >= 4 is 15.9 Å². The normalized spacial score (nSPS) is 10.4. The van der Waals surface area contributed by atoms with Crippen LogP contribution in [0.5, 0.6) is 0 Å². The van der Waals surface area contributed by atoms with Gasteiger partial charge in [0.25, 0.3) is 0 Å². The van der Waals surface area contributed by atoms with Crippen molar-refractivity contribution < 1.29 is 0 Å². The molecule has 0 fully saturated rings. The van der Waals surface area contributed by atoms with Gasteiger partial charge in [0.15, 0.2) is 0 Å². The van der Waals surface area contributed by atoms with Crippen molar-refractivity contribution in [1.29, 1.82) is 0 Å². The van der Waals surface area contributed by atoms with Gasteiger partial charge < -0.3 is 11.1 Å². The summed E-state index contributed by atoms with van der Waals surface area (Å²) in [5, 5.41) is 3.39. The Kier molecular flexibility index (Phi) is 5.83. The zero-order valence-electron chi connectivity index (χ0n) is 8.30. The van der Waals surface area contributed by atoms with E-state index >= 15 is 0 Å². The minimum absolute atomic E-state index is 0.788. The second kappa shape index (κ2) is 6.98. The van der Waals surface area contributed by atoms with Gasteiger partial charge >= 0.3 is 0 Å². The molecule has 0 spiro atoms. The van der Waals surface area contributed by atoms with Gasteiger partial charge in [-0.25, -0.2) is 0 Å². The van der Waals surface area contributed by atoms with Crippen LogP contribution in [-0.4, -0.2) is 13.1 Å². The third-order valence-corrected chi connectivity index (χ3v) is 2.85. The van der Waals surface area contributed by atoms with Crippen LogP contribution >= 0.6 is 15.9 Å². The lowest BCUT2D eigenvalue weighted by Gasteiger charge is -2.05. The van der Waals surface area contributed by atoms with Crippen LogP contribution in [0.15, 0.2) is 28.7 Å². The molecule has 0 atom stereocenters. The van der Waals surface area contributed by atoms with Crippen molar-refractivity contribution in [2.45, 2.75) is 19.4 Å². The maximum Gasteiger partial charge on any atom is 0.0220 e. The summed E-state index contributed by atoms with van der Waals surface area (Å²) in [5.41, 5.74) is 6.72. The molecule has 0 bridgehead atoms. The summed E-state index contributed by atoms with van der Waals surface area (Å²) in [5.74, 6) is 0. The molecule has 0 saturated carbocycles. The Hall–Kier alpha value is -0.380. The topological polar surface area (TPSA) is 38.0 Å². The van der Waals surface area contributed by atoms with Crippen molar-refractivity contribution in [2.24, 2.45) is 5.73 Å². The molecule has 0 radical (unpaired) electrons. The van der Waals surface area contributed by atoms with Gasteiger partial charge in [0.1, 0.15) is 0 Å². The standard InChI is InChI=1S/C11H17BrN2/c12-11-6-2-1-5-10(11)9-14-8-4-3-7-13/h1-2,5-6,14H,3-4,7-9,13H2. The van der Waals surface area contributed by atoms with E-state index in [2.05, 4.69) is 39.4 Å². The van der Waals surface area contributed by atoms with Gasteiger partial charge in [-0.2, -0.15) is 0 Å². The van der Waals surface area contributed by atoms with Crippen molar-refractivity contribution in [1.82, 2.24) is 5.32 Å². The largest absolute Gasteiger partial charge is 0.330 e. The molecule has 1 rings (SSSR count). The first kappa shape index (κ1) is 11.7. The zero-order chi connectivity index (χ0) is 10.2. The summed E-state index contributed by atoms with van der Waals surface area (Å²) in [6.07, 6.45) is 2.25. The Morgan fingerprint density at radius 1 is 1.21 bits per heavy atom. The molecule has 0 aromatic heterocycles. The van der Waals surface area contributed by atoms with Crippen LogP contribution in [0.1, 0.15) is 18.4 Å². The Labute approximate surface area is 94.0 Å². The average Bonchev–Trinajstić information content (AvgIpc) is 2.20. The monoisotopic (exact) mass is 256 g/mol. The van der Waals surface area contributed by atoms with E-state index in [0.717, 1.165) is 32.5 Å². The summed E-state index contributed by atoms with van der Waals surface area (Å²) in [6, 6.07) is 8.28. The Morgan fingerprint density at radius 3 is 2.71 bits per heavy atom. The van der Waals surface area contributed by atoms with Crippen LogP contribution in [0.3, 0.4) is 0 Å². The van der Waals surface area contributed by atoms with Gasteiger partial charge in [-0.05, 0) is 37.6 Å². The van der Waals surface area contributed by atoms with E-state index in [4.69, 9.17) is 5.73 Å². The smallest absolute Gasteiger partial charge is 0.0220 e. The predicted octanol–water partition coefficient (Wildman–Crippen LogP) is 2.28. The van der Waals surface area contributed by atoms with Crippen LogP contribution in [0.2, 0.25) is 0 Å². The molecule has 0 saturated heterocycles. The molecule has 1 aromatic carbocycles. The molecule has 0 aliphatic heterocycles. The van der Waals surface area contributed by atoms with Gasteiger partial charge in [0, 0.05) is 11.0 Å². The lowest BCUT2D eigenvalue weighted by atomic mass is 10.2. The first-order valence-corrected chi connectivity index (χ1v) is 5.78. The lowest BCUT2D eigenvalue weighted by molar-refractivity contribution is 0.626. The molecular weight excluding hydrogens is 240 g/mol. The van der Waals surface area contributed by atoms with Crippen molar-refractivity contribution in [2.75, 3.05) is 13.1 Å². The number of rotatable bonds is 6. The Morgan fingerprint density at radius 2 is 2.00 bits per heavy atom. The highest BCUT2D eigenvalue weighted by Gasteiger charge is 1.96. The van der Waals surface area contributed by atoms with Crippen LogP contribution < -0.4 is 11.1 Å². The molecule has 3 N–H and O–H groups in total. The fourth-order valence-electron chi connectivity index (χ4n) is 1.26. The number of nitrogens with two attached hydrogens (primary N) is 1. The third kappa shape index (κ3) is 4.22. The van der Waals surface area contributed by atoms with Crippen LogP contribution in [0.4, 0.5) is 0 Å². The number of halogens is 1. The summed E-state index contributed by atoms with van der Waals surface area (Å²) in [4.78, 5) is 0. The second-order valence-corrected chi connectivity index (χ2v) is 4.12. The number of unbranched alkanes of at least 4 members (excludes halogenated alkanes) is 1. The van der Waals surface area contributed by atoms with Crippen molar-refractivity contribution in [3.63, 3.8) is 0 Å². The van der Waals surface area contributed by atoms with E-state index in [1.54, 1.807) is 0 Å². The average molecular weight is 257 g/mol. The fourth-order valence-corrected chi connectivity index (χ4v) is 1.68. The minimum atomic E-state index is 0.788. The van der Waals surface area contributed by atoms with E-state index in [1.807, 2.05) is 6.07 Å². The maximum absolute atomic E-state index is 5.41. The van der Waals surface area contributed by atoms with Crippen LogP contribution in [-0.2, 0) is 6.54 Å². The molecular formula is C11H17BrN2. The fraction of sp³-hybridized carbons (Fsp3) is 0.455. The van der Waals surface area contributed by atoms with E-state index in [-0.39, 0.29) is 0 Å². The van der Waals surface area contributed by atoms with E-state index in [0.29, 0.717) is 0 Å². The quantitative estimate of drug-likeness (QED) is 0.767. The lowest BCUT2D eigenvalue weighted by Crippen LogP contribution is -2.16. The maximum atomic E-state index is 5.41. The SMILES string of the molecule is NCCCCNCc1ccccc1Br. The van der Waals surface area contributed by atoms with Gasteiger partial charge in [-0.15, -0.1) is 0 Å². The van der Waals surface area contributed by atoms with Gasteiger partial charge in [-0.1, -0.05) is 34.1 Å². The highest BCUT2D eigenvalue weighted by atomic mass is 79.9. The van der Waals surface area contributed by atoms with Gasteiger partial charge in [-0.3, -0.25) is 0 Å². The number of nitrogens with one attached hydrogen (secondary N) is 1. The Bertz CT molecular complexity index is 263. The summed E-state index contributed by atoms with van der Waals surface area (Å²) in [6.45, 7) is 2.75. The molecule has 0 unspecified atom stereocenters. The van der Waals surface area contributed by atoms with Crippen molar-refractivity contribution in [3.05, 3.63) is 34.3 Å². The number of hydrogen-bond donors (Lipinski definition) is 2. The molecule has 3 heteroatoms. The zero-order valence-corrected chi connectivity index (χ0v) is 9.89.